The number of hydrogen-bond donors (Lipinski definition) is 1. The van der Waals surface area contributed by atoms with E-state index in [4.69, 9.17) is 14.6 Å². The van der Waals surface area contributed by atoms with Crippen molar-refractivity contribution in [2.75, 3.05) is 19.0 Å². The van der Waals surface area contributed by atoms with Crippen LogP contribution in [0.3, 0.4) is 0 Å². The van der Waals surface area contributed by atoms with Crippen molar-refractivity contribution in [2.24, 2.45) is 0 Å². The predicted octanol–water partition coefficient (Wildman–Crippen LogP) is 1.40. The van der Waals surface area contributed by atoms with Crippen molar-refractivity contribution in [3.05, 3.63) is 0 Å². The molecule has 0 amide bonds. The van der Waals surface area contributed by atoms with Gasteiger partial charge in [0.1, 0.15) is 6.10 Å². The lowest BCUT2D eigenvalue weighted by Gasteiger charge is -2.34. The van der Waals surface area contributed by atoms with Gasteiger partial charge in [-0.2, -0.15) is 11.8 Å². The van der Waals surface area contributed by atoms with Crippen molar-refractivity contribution < 1.29 is 14.6 Å². The highest BCUT2D eigenvalue weighted by molar-refractivity contribution is 8.00. The summed E-state index contributed by atoms with van der Waals surface area (Å²) in [5.74, 6) is 0.745. The normalized spacial score (nSPS) is 44.1. The standard InChI is InChI=1S/C10H18O3S/c1-10(9-4-2-3-5-14-9)12-7-8(6-11)13-10/h8-9,11H,2-7H2,1H3. The van der Waals surface area contributed by atoms with Crippen LogP contribution in [0, 0.1) is 0 Å². The van der Waals surface area contributed by atoms with Crippen molar-refractivity contribution in [1.82, 2.24) is 0 Å². The Kier molecular flexibility index (Phi) is 3.37. The van der Waals surface area contributed by atoms with Gasteiger partial charge in [-0.15, -0.1) is 0 Å². The van der Waals surface area contributed by atoms with Crippen molar-refractivity contribution in [2.45, 2.75) is 43.3 Å². The SMILES string of the molecule is CC1(C2CCCCS2)OCC(CO)O1. The molecule has 3 nitrogen and oxygen atoms in total. The zero-order valence-corrected chi connectivity index (χ0v) is 9.39. The molecule has 0 aromatic carbocycles. The maximum Gasteiger partial charge on any atom is 0.177 e. The Morgan fingerprint density at radius 1 is 1.50 bits per heavy atom. The molecule has 82 valence electrons. The fraction of sp³-hybridized carbons (Fsp3) is 1.00. The van der Waals surface area contributed by atoms with Gasteiger partial charge in [-0.25, -0.2) is 0 Å². The Morgan fingerprint density at radius 2 is 2.36 bits per heavy atom. The van der Waals surface area contributed by atoms with Crippen LogP contribution in [-0.4, -0.2) is 41.2 Å². The second kappa shape index (κ2) is 4.39. The first-order valence-electron chi connectivity index (χ1n) is 5.29. The summed E-state index contributed by atoms with van der Waals surface area (Å²) in [4.78, 5) is 0. The van der Waals surface area contributed by atoms with Crippen molar-refractivity contribution in [3.63, 3.8) is 0 Å². The molecule has 3 unspecified atom stereocenters. The van der Waals surface area contributed by atoms with E-state index in [9.17, 15) is 0 Å². The second-order valence-electron chi connectivity index (χ2n) is 4.10. The average molecular weight is 218 g/mol. The minimum absolute atomic E-state index is 0.0625. The number of aliphatic hydroxyl groups is 1. The monoisotopic (exact) mass is 218 g/mol. The first-order chi connectivity index (χ1) is 6.74. The van der Waals surface area contributed by atoms with Crippen LogP contribution in [0.15, 0.2) is 0 Å². The number of rotatable bonds is 2. The van der Waals surface area contributed by atoms with Crippen LogP contribution in [0.2, 0.25) is 0 Å². The molecule has 0 radical (unpaired) electrons. The minimum atomic E-state index is -0.460. The van der Waals surface area contributed by atoms with E-state index >= 15 is 0 Å². The van der Waals surface area contributed by atoms with Crippen LogP contribution < -0.4 is 0 Å². The summed E-state index contributed by atoms with van der Waals surface area (Å²) in [5.41, 5.74) is 0. The van der Waals surface area contributed by atoms with E-state index in [1.807, 2.05) is 18.7 Å². The van der Waals surface area contributed by atoms with Gasteiger partial charge in [0.15, 0.2) is 5.79 Å². The molecule has 4 heteroatoms. The third-order valence-corrected chi connectivity index (χ3v) is 4.52. The first-order valence-corrected chi connectivity index (χ1v) is 6.34. The van der Waals surface area contributed by atoms with E-state index in [-0.39, 0.29) is 12.7 Å². The van der Waals surface area contributed by atoms with E-state index < -0.39 is 5.79 Å². The van der Waals surface area contributed by atoms with Crippen LogP contribution in [0.1, 0.15) is 26.2 Å². The zero-order valence-electron chi connectivity index (χ0n) is 8.57. The van der Waals surface area contributed by atoms with Gasteiger partial charge in [0, 0.05) is 0 Å². The van der Waals surface area contributed by atoms with Crippen LogP contribution in [0.5, 0.6) is 0 Å². The summed E-state index contributed by atoms with van der Waals surface area (Å²) in [6.07, 6.45) is 3.62. The maximum absolute atomic E-state index is 8.98. The van der Waals surface area contributed by atoms with Crippen LogP contribution in [0.4, 0.5) is 0 Å². The molecular formula is C10H18O3S. The molecule has 0 aromatic rings. The summed E-state index contributed by atoms with van der Waals surface area (Å²) in [6.45, 7) is 2.60. The Hall–Kier alpha value is 0.230. The van der Waals surface area contributed by atoms with Gasteiger partial charge in [0.25, 0.3) is 0 Å². The third kappa shape index (κ3) is 2.08. The van der Waals surface area contributed by atoms with E-state index in [0.717, 1.165) is 0 Å². The lowest BCUT2D eigenvalue weighted by atomic mass is 10.1. The first kappa shape index (κ1) is 10.7. The summed E-state index contributed by atoms with van der Waals surface area (Å²) in [6, 6.07) is 0. The average Bonchev–Trinajstić information content (AvgIpc) is 2.63. The molecule has 2 rings (SSSR count). The summed E-state index contributed by atoms with van der Waals surface area (Å²) in [7, 11) is 0. The quantitative estimate of drug-likeness (QED) is 0.760. The van der Waals surface area contributed by atoms with E-state index in [1.165, 1.54) is 25.0 Å². The van der Waals surface area contributed by atoms with Gasteiger partial charge in [-0.05, 0) is 25.5 Å². The molecule has 0 spiro atoms. The van der Waals surface area contributed by atoms with Gasteiger partial charge < -0.3 is 14.6 Å². The molecule has 2 saturated heterocycles. The molecule has 0 bridgehead atoms. The van der Waals surface area contributed by atoms with E-state index in [1.54, 1.807) is 0 Å². The van der Waals surface area contributed by atoms with Crippen LogP contribution in [0.25, 0.3) is 0 Å². The number of aliphatic hydroxyl groups excluding tert-OH is 1. The fourth-order valence-corrected chi connectivity index (χ4v) is 3.49. The Bertz CT molecular complexity index is 194. The highest BCUT2D eigenvalue weighted by Crippen LogP contribution is 2.39. The van der Waals surface area contributed by atoms with Crippen molar-refractivity contribution in [3.8, 4) is 0 Å². The van der Waals surface area contributed by atoms with Gasteiger partial charge in [0.05, 0.1) is 18.5 Å². The highest BCUT2D eigenvalue weighted by atomic mass is 32.2. The number of hydrogen-bond acceptors (Lipinski definition) is 4. The molecule has 2 aliphatic rings. The van der Waals surface area contributed by atoms with E-state index in [2.05, 4.69) is 0 Å². The topological polar surface area (TPSA) is 38.7 Å². The third-order valence-electron chi connectivity index (χ3n) is 2.92. The number of thioether (sulfide) groups is 1. The second-order valence-corrected chi connectivity index (χ2v) is 5.42. The predicted molar refractivity (Wildman–Crippen MR) is 56.4 cm³/mol. The van der Waals surface area contributed by atoms with Crippen molar-refractivity contribution >= 4 is 11.8 Å². The molecule has 2 heterocycles. The lowest BCUT2D eigenvalue weighted by Crippen LogP contribution is -2.40. The summed E-state index contributed by atoms with van der Waals surface area (Å²) >= 11 is 1.94. The Balaban J connectivity index is 1.94. The fourth-order valence-electron chi connectivity index (χ4n) is 2.07. The molecule has 2 fully saturated rings. The Morgan fingerprint density at radius 3 is 2.93 bits per heavy atom. The Labute approximate surface area is 89.2 Å². The maximum atomic E-state index is 8.98. The molecule has 3 atom stereocenters. The van der Waals surface area contributed by atoms with E-state index in [0.29, 0.717) is 11.9 Å². The molecule has 0 aliphatic carbocycles. The largest absolute Gasteiger partial charge is 0.394 e. The molecule has 0 aromatic heterocycles. The van der Waals surface area contributed by atoms with Crippen LogP contribution in [-0.2, 0) is 9.47 Å². The summed E-state index contributed by atoms with van der Waals surface area (Å²) < 4.78 is 11.4. The smallest absolute Gasteiger partial charge is 0.177 e. The summed E-state index contributed by atoms with van der Waals surface area (Å²) in [5, 5.41) is 9.42. The highest BCUT2D eigenvalue weighted by Gasteiger charge is 2.44. The zero-order chi connectivity index (χ0) is 10.0. The lowest BCUT2D eigenvalue weighted by molar-refractivity contribution is -0.158. The molecule has 14 heavy (non-hydrogen) atoms. The van der Waals surface area contributed by atoms with Gasteiger partial charge in [0.2, 0.25) is 0 Å². The van der Waals surface area contributed by atoms with Gasteiger partial charge in [-0.3, -0.25) is 0 Å². The minimum Gasteiger partial charge on any atom is -0.394 e. The molecule has 1 N–H and O–H groups in total. The molecular weight excluding hydrogens is 200 g/mol. The van der Waals surface area contributed by atoms with Crippen molar-refractivity contribution in [1.29, 1.82) is 0 Å². The van der Waals surface area contributed by atoms with Gasteiger partial charge in [-0.1, -0.05) is 6.42 Å². The molecule has 2 aliphatic heterocycles. The van der Waals surface area contributed by atoms with Gasteiger partial charge >= 0.3 is 0 Å². The number of ether oxygens (including phenoxy) is 2. The molecule has 0 saturated carbocycles. The van der Waals surface area contributed by atoms with Crippen LogP contribution >= 0.6 is 11.8 Å².